The van der Waals surface area contributed by atoms with Crippen molar-refractivity contribution in [3.8, 4) is 11.3 Å². The maximum atomic E-state index is 14.0. The number of aliphatic hydroxyl groups excluding tert-OH is 2. The zero-order chi connectivity index (χ0) is 33.6. The van der Waals surface area contributed by atoms with Gasteiger partial charge in [0.05, 0.1) is 30.6 Å². The van der Waals surface area contributed by atoms with Gasteiger partial charge in [-0.1, -0.05) is 5.21 Å². The van der Waals surface area contributed by atoms with Gasteiger partial charge < -0.3 is 34.4 Å². The average molecular weight is 681 g/mol. The fourth-order valence-corrected chi connectivity index (χ4v) is 7.98. The molecular formula is C29H37F5N4O7S. The maximum absolute atomic E-state index is 14.0. The molecule has 7 atom stereocenters. The van der Waals surface area contributed by atoms with Gasteiger partial charge in [-0.25, -0.2) is 26.6 Å². The highest BCUT2D eigenvalue weighted by Gasteiger charge is 2.55. The van der Waals surface area contributed by atoms with Gasteiger partial charge in [0.25, 0.3) is 5.92 Å². The molecule has 1 amide bonds. The van der Waals surface area contributed by atoms with Crippen molar-refractivity contribution < 1.29 is 56.3 Å². The maximum Gasteiger partial charge on any atom is 0.251 e. The highest BCUT2D eigenvalue weighted by atomic mass is 32.2. The van der Waals surface area contributed by atoms with Crippen molar-refractivity contribution >= 4 is 17.7 Å². The lowest BCUT2D eigenvalue weighted by molar-refractivity contribution is -0.187. The van der Waals surface area contributed by atoms with Crippen molar-refractivity contribution in [1.82, 2.24) is 19.9 Å². The summed E-state index contributed by atoms with van der Waals surface area (Å²) in [7, 11) is 1.30. The summed E-state index contributed by atoms with van der Waals surface area (Å²) in [5, 5.41) is 40.0. The molecule has 256 valence electrons. The lowest BCUT2D eigenvalue weighted by atomic mass is 9.81. The largest absolute Gasteiger partial charge is 0.394 e. The molecule has 0 radical (unpaired) electrons. The number of alkyl halides is 2. The Morgan fingerprint density at radius 2 is 1.83 bits per heavy atom. The van der Waals surface area contributed by atoms with Crippen molar-refractivity contribution in [1.29, 1.82) is 0 Å². The molecule has 0 aliphatic carbocycles. The van der Waals surface area contributed by atoms with Crippen molar-refractivity contribution in [2.24, 2.45) is 0 Å². The third-order valence-corrected chi connectivity index (χ3v) is 10.3. The van der Waals surface area contributed by atoms with E-state index in [0.29, 0.717) is 0 Å². The summed E-state index contributed by atoms with van der Waals surface area (Å²) in [6.07, 6.45) is -3.54. The van der Waals surface area contributed by atoms with Crippen LogP contribution in [0, 0.1) is 17.5 Å². The van der Waals surface area contributed by atoms with Crippen LogP contribution in [0.3, 0.4) is 0 Å². The van der Waals surface area contributed by atoms with Gasteiger partial charge >= 0.3 is 0 Å². The monoisotopic (exact) mass is 680 g/mol. The van der Waals surface area contributed by atoms with Gasteiger partial charge in [0.1, 0.15) is 40.7 Å². The Kier molecular flexibility index (Phi) is 10.0. The van der Waals surface area contributed by atoms with Gasteiger partial charge in [-0.3, -0.25) is 4.79 Å². The van der Waals surface area contributed by atoms with Crippen LogP contribution >= 0.6 is 11.8 Å². The van der Waals surface area contributed by atoms with E-state index in [9.17, 15) is 42.1 Å². The summed E-state index contributed by atoms with van der Waals surface area (Å²) in [6.45, 7) is 2.53. The van der Waals surface area contributed by atoms with Crippen LogP contribution in [-0.4, -0.2) is 121 Å². The first kappa shape index (κ1) is 34.9. The number of hydrogen-bond donors (Lipinski definition) is 3. The van der Waals surface area contributed by atoms with E-state index in [0.717, 1.165) is 28.6 Å². The summed E-state index contributed by atoms with van der Waals surface area (Å²) in [6, 6.07) is 0.327. The van der Waals surface area contributed by atoms with Crippen LogP contribution in [0.15, 0.2) is 18.3 Å². The molecule has 0 bridgehead atoms. The SMILES string of the molecule is CO[C@@H]1[C@@H](n2cc(-c3cc(F)c(F)c(F)c3)nn2)[C@@H](O)[C@@H](CO)O[C@H]1S[C@H](C(=O)N1CCC(F)(F)CC1)[C@]1(O)CCOC(C)(C)C1. The van der Waals surface area contributed by atoms with Crippen LogP contribution in [0.2, 0.25) is 0 Å². The second kappa shape index (κ2) is 13.2. The van der Waals surface area contributed by atoms with Gasteiger partial charge in [-0.15, -0.1) is 16.9 Å². The van der Waals surface area contributed by atoms with E-state index >= 15 is 0 Å². The molecule has 3 fully saturated rings. The first-order valence-electron chi connectivity index (χ1n) is 14.8. The second-order valence-corrected chi connectivity index (χ2v) is 13.8. The fourth-order valence-electron chi connectivity index (χ4n) is 6.36. The number of benzene rings is 1. The van der Waals surface area contributed by atoms with Crippen LogP contribution < -0.4 is 0 Å². The molecule has 3 aliphatic heterocycles. The third kappa shape index (κ3) is 7.05. The van der Waals surface area contributed by atoms with Crippen LogP contribution in [0.25, 0.3) is 11.3 Å². The Balaban J connectivity index is 1.48. The summed E-state index contributed by atoms with van der Waals surface area (Å²) in [5.41, 5.74) is -3.82. The number of ether oxygens (including phenoxy) is 3. The number of likely N-dealkylation sites (tertiary alicyclic amines) is 1. The van der Waals surface area contributed by atoms with E-state index in [-0.39, 0.29) is 43.8 Å². The normalized spacial score (nSPS) is 31.9. The van der Waals surface area contributed by atoms with Gasteiger partial charge in [-0.05, 0) is 26.0 Å². The fraction of sp³-hybridized carbons (Fsp3) is 0.690. The first-order valence-corrected chi connectivity index (χ1v) is 15.7. The summed E-state index contributed by atoms with van der Waals surface area (Å²) in [5.74, 6) is -8.03. The Morgan fingerprint density at radius 1 is 1.17 bits per heavy atom. The van der Waals surface area contributed by atoms with E-state index in [4.69, 9.17) is 14.2 Å². The molecule has 11 nitrogen and oxygen atoms in total. The topological polar surface area (TPSA) is 139 Å². The van der Waals surface area contributed by atoms with Crippen molar-refractivity contribution in [2.45, 2.75) is 91.7 Å². The lowest BCUT2D eigenvalue weighted by Crippen LogP contribution is -2.61. The zero-order valence-corrected chi connectivity index (χ0v) is 26.2. The number of nitrogens with zero attached hydrogens (tertiary/aromatic N) is 4. The molecule has 1 aromatic carbocycles. The van der Waals surface area contributed by atoms with Gasteiger partial charge in [0, 0.05) is 51.4 Å². The molecule has 0 saturated carbocycles. The van der Waals surface area contributed by atoms with E-state index in [1.54, 1.807) is 13.8 Å². The molecule has 4 heterocycles. The number of carbonyl (C=O) groups excluding carboxylic acids is 1. The van der Waals surface area contributed by atoms with E-state index < -0.39 is 95.0 Å². The minimum absolute atomic E-state index is 0.0322. The molecule has 0 spiro atoms. The van der Waals surface area contributed by atoms with E-state index in [2.05, 4.69) is 10.3 Å². The highest BCUT2D eigenvalue weighted by molar-refractivity contribution is 8.01. The van der Waals surface area contributed by atoms with E-state index in [1.807, 2.05) is 0 Å². The molecule has 1 aromatic heterocycles. The number of hydrogen-bond acceptors (Lipinski definition) is 10. The van der Waals surface area contributed by atoms with Crippen LogP contribution in [-0.2, 0) is 19.0 Å². The predicted molar refractivity (Wildman–Crippen MR) is 153 cm³/mol. The van der Waals surface area contributed by atoms with Crippen LogP contribution in [0.5, 0.6) is 0 Å². The molecular weight excluding hydrogens is 643 g/mol. The summed E-state index contributed by atoms with van der Waals surface area (Å²) >= 11 is 0.878. The number of rotatable bonds is 8. The zero-order valence-electron chi connectivity index (χ0n) is 25.4. The summed E-state index contributed by atoms with van der Waals surface area (Å²) in [4.78, 5) is 15.3. The number of aliphatic hydroxyl groups is 3. The van der Waals surface area contributed by atoms with Crippen molar-refractivity contribution in [3.63, 3.8) is 0 Å². The van der Waals surface area contributed by atoms with Gasteiger partial charge in [0.2, 0.25) is 5.91 Å². The minimum Gasteiger partial charge on any atom is -0.394 e. The van der Waals surface area contributed by atoms with Gasteiger partial charge in [0.15, 0.2) is 17.5 Å². The average Bonchev–Trinajstić information content (AvgIpc) is 3.47. The lowest BCUT2D eigenvalue weighted by Gasteiger charge is -2.49. The Morgan fingerprint density at radius 3 is 2.41 bits per heavy atom. The summed E-state index contributed by atoms with van der Waals surface area (Å²) < 4.78 is 88.1. The van der Waals surface area contributed by atoms with Gasteiger partial charge in [-0.2, -0.15) is 0 Å². The standard InChI is InChI=1S/C29H37F5N4O7S/c1-27(2)14-28(42,6-9-44-27)24(25(41)37-7-4-29(33,34)5-8-37)46-26-23(43-3)21(22(40)19(13-39)45-26)38-12-18(35-36-38)15-10-16(30)20(32)17(31)11-15/h10-12,19,21-24,26,39-40,42H,4-9,13-14H2,1-3H3/t19-,21+,22+,23-,24-,26+,28+/m1/s1. The molecule has 5 rings (SSSR count). The molecule has 3 N–H and O–H groups in total. The smallest absolute Gasteiger partial charge is 0.251 e. The molecule has 46 heavy (non-hydrogen) atoms. The number of carbonyl (C=O) groups is 1. The van der Waals surface area contributed by atoms with Crippen molar-refractivity contribution in [2.75, 3.05) is 33.4 Å². The van der Waals surface area contributed by atoms with Crippen LogP contribution in [0.4, 0.5) is 22.0 Å². The number of piperidine rings is 1. The molecule has 0 unspecified atom stereocenters. The third-order valence-electron chi connectivity index (χ3n) is 8.74. The number of amides is 1. The molecule has 3 saturated heterocycles. The number of thioether (sulfide) groups is 1. The molecule has 17 heteroatoms. The molecule has 3 aliphatic rings. The minimum atomic E-state index is -2.91. The first-order chi connectivity index (χ1) is 21.6. The van der Waals surface area contributed by atoms with Crippen LogP contribution in [0.1, 0.15) is 45.6 Å². The predicted octanol–water partition coefficient (Wildman–Crippen LogP) is 2.68. The quantitative estimate of drug-likeness (QED) is 0.282. The van der Waals surface area contributed by atoms with E-state index in [1.165, 1.54) is 18.2 Å². The van der Waals surface area contributed by atoms with Crippen molar-refractivity contribution in [3.05, 3.63) is 35.8 Å². The number of aromatic nitrogens is 3. The number of halogens is 5. The Hall–Kier alpha value is -2.41. The molecule has 2 aromatic rings. The number of methoxy groups -OCH3 is 1. The highest BCUT2D eigenvalue weighted by Crippen LogP contribution is 2.46. The Labute approximate surface area is 266 Å². The Bertz CT molecular complexity index is 1390. The second-order valence-electron chi connectivity index (χ2n) is 12.6.